The smallest absolute Gasteiger partial charge is 0.319 e. The molecule has 0 aliphatic heterocycles. The minimum absolute atomic E-state index is 0.0668. The number of benzene rings is 1. The first-order valence-corrected chi connectivity index (χ1v) is 10.4. The van der Waals surface area contributed by atoms with Crippen LogP contribution in [-0.2, 0) is 14.8 Å². The van der Waals surface area contributed by atoms with E-state index in [1.165, 1.54) is 26.2 Å². The van der Waals surface area contributed by atoms with Crippen LogP contribution in [0.4, 0.5) is 16.2 Å². The van der Waals surface area contributed by atoms with Gasteiger partial charge in [-0.05, 0) is 44.7 Å². The van der Waals surface area contributed by atoms with E-state index in [9.17, 15) is 18.0 Å². The molecule has 27 heavy (non-hydrogen) atoms. The van der Waals surface area contributed by atoms with Gasteiger partial charge in [-0.25, -0.2) is 13.2 Å². The quantitative estimate of drug-likeness (QED) is 0.555. The van der Waals surface area contributed by atoms with Gasteiger partial charge < -0.3 is 20.5 Å². The number of carbonyl (C=O) groups excluding carboxylic acids is 1. The predicted molar refractivity (Wildman–Crippen MR) is 102 cm³/mol. The summed E-state index contributed by atoms with van der Waals surface area (Å²) in [6.07, 6.45) is 2.32. The summed E-state index contributed by atoms with van der Waals surface area (Å²) in [6, 6.07) is 4.13. The number of anilines is 2. The molecule has 1 aliphatic rings. The lowest BCUT2D eigenvalue weighted by Gasteiger charge is -2.26. The molecule has 1 aromatic carbocycles. The van der Waals surface area contributed by atoms with E-state index < -0.39 is 22.0 Å². The molecular weight excluding hydrogens is 374 g/mol. The molecule has 0 bridgehead atoms. The molecule has 1 aromatic rings. The molecule has 2 rings (SSSR count). The molecule has 0 heterocycles. The fourth-order valence-corrected chi connectivity index (χ4v) is 3.58. The highest BCUT2D eigenvalue weighted by molar-refractivity contribution is 7.92. The number of amides is 2. The molecule has 0 atom stereocenters. The average Bonchev–Trinajstić information content (AvgIpc) is 2.63. The predicted octanol–water partition coefficient (Wildman–Crippen LogP) is 2.22. The van der Waals surface area contributed by atoms with E-state index in [0.29, 0.717) is 31.4 Å². The number of hydrogen-bond donors (Lipinski definition) is 4. The Hall–Kier alpha value is -2.49. The van der Waals surface area contributed by atoms with E-state index in [0.717, 1.165) is 0 Å². The standard InChI is InChI=1S/C17H25N3O6S/c1-3-27(24,25)20-14-9-8-13(10-15(14)26-2)19-17(23)18-12-6-4-11(5-7-12)16(21)22/h8-12,20H,3-7H2,1-2H3,(H,21,22)(H2,18,19,23). The van der Waals surface area contributed by atoms with Crippen LogP contribution in [0, 0.1) is 5.92 Å². The number of urea groups is 1. The number of ether oxygens (including phenoxy) is 1. The Labute approximate surface area is 158 Å². The van der Waals surface area contributed by atoms with Crippen molar-refractivity contribution in [1.82, 2.24) is 5.32 Å². The number of aliphatic carboxylic acids is 1. The maximum Gasteiger partial charge on any atom is 0.319 e. The fourth-order valence-electron chi connectivity index (χ4n) is 2.93. The number of carboxylic acids is 1. The number of rotatable bonds is 7. The normalized spacial score (nSPS) is 19.8. The van der Waals surface area contributed by atoms with Crippen LogP contribution in [0.25, 0.3) is 0 Å². The van der Waals surface area contributed by atoms with Gasteiger partial charge in [0.15, 0.2) is 0 Å². The van der Waals surface area contributed by atoms with Crippen molar-refractivity contribution in [2.24, 2.45) is 5.92 Å². The summed E-state index contributed by atoms with van der Waals surface area (Å²) in [5.41, 5.74) is 0.736. The summed E-state index contributed by atoms with van der Waals surface area (Å²) < 4.78 is 31.0. The summed E-state index contributed by atoms with van der Waals surface area (Å²) >= 11 is 0. The molecule has 0 saturated heterocycles. The Balaban J connectivity index is 1.95. The highest BCUT2D eigenvalue weighted by Gasteiger charge is 2.26. The van der Waals surface area contributed by atoms with Crippen molar-refractivity contribution in [3.63, 3.8) is 0 Å². The van der Waals surface area contributed by atoms with E-state index in [4.69, 9.17) is 9.84 Å². The van der Waals surface area contributed by atoms with Gasteiger partial charge in [0.25, 0.3) is 0 Å². The second kappa shape index (κ2) is 8.94. The Morgan fingerprint density at radius 1 is 1.22 bits per heavy atom. The number of sulfonamides is 1. The molecule has 2 amide bonds. The third kappa shape index (κ3) is 6.02. The summed E-state index contributed by atoms with van der Waals surface area (Å²) in [5.74, 6) is -0.909. The van der Waals surface area contributed by atoms with Gasteiger partial charge in [-0.3, -0.25) is 9.52 Å². The monoisotopic (exact) mass is 399 g/mol. The summed E-state index contributed by atoms with van der Waals surface area (Å²) in [5, 5.41) is 14.5. The third-order valence-corrected chi connectivity index (χ3v) is 5.81. The molecule has 0 radical (unpaired) electrons. The van der Waals surface area contributed by atoms with Gasteiger partial charge in [-0.1, -0.05) is 0 Å². The summed E-state index contributed by atoms with van der Waals surface area (Å²) in [7, 11) is -2.04. The van der Waals surface area contributed by atoms with Crippen LogP contribution in [0.5, 0.6) is 5.75 Å². The summed E-state index contributed by atoms with van der Waals surface area (Å²) in [6.45, 7) is 1.53. The SMILES string of the molecule is CCS(=O)(=O)Nc1ccc(NC(=O)NC2CCC(C(=O)O)CC2)cc1OC. The molecule has 9 nitrogen and oxygen atoms in total. The third-order valence-electron chi connectivity index (χ3n) is 4.52. The Morgan fingerprint density at radius 2 is 1.89 bits per heavy atom. The highest BCUT2D eigenvalue weighted by Crippen LogP contribution is 2.29. The van der Waals surface area contributed by atoms with Crippen LogP contribution in [0.2, 0.25) is 0 Å². The van der Waals surface area contributed by atoms with Crippen LogP contribution >= 0.6 is 0 Å². The van der Waals surface area contributed by atoms with Gasteiger partial charge in [-0.15, -0.1) is 0 Å². The zero-order valence-corrected chi connectivity index (χ0v) is 16.1. The van der Waals surface area contributed by atoms with Gasteiger partial charge in [0.2, 0.25) is 10.0 Å². The van der Waals surface area contributed by atoms with Gasteiger partial charge >= 0.3 is 12.0 Å². The minimum Gasteiger partial charge on any atom is -0.494 e. The topological polar surface area (TPSA) is 134 Å². The van der Waals surface area contributed by atoms with Crippen LogP contribution in [-0.4, -0.2) is 44.4 Å². The van der Waals surface area contributed by atoms with Crippen LogP contribution < -0.4 is 20.1 Å². The van der Waals surface area contributed by atoms with E-state index in [2.05, 4.69) is 15.4 Å². The molecule has 0 aromatic heterocycles. The Bertz CT molecular complexity index is 788. The van der Waals surface area contributed by atoms with Gasteiger partial charge in [0.1, 0.15) is 5.75 Å². The first-order chi connectivity index (χ1) is 12.7. The van der Waals surface area contributed by atoms with Crippen molar-refractivity contribution in [3.8, 4) is 5.75 Å². The lowest BCUT2D eigenvalue weighted by atomic mass is 9.86. The van der Waals surface area contributed by atoms with E-state index >= 15 is 0 Å². The molecular formula is C17H25N3O6S. The molecule has 150 valence electrons. The molecule has 10 heteroatoms. The number of carboxylic acid groups (broad SMARTS) is 1. The van der Waals surface area contributed by atoms with Crippen molar-refractivity contribution in [3.05, 3.63) is 18.2 Å². The van der Waals surface area contributed by atoms with Gasteiger partial charge in [-0.2, -0.15) is 0 Å². The molecule has 1 fully saturated rings. The fraction of sp³-hybridized carbons (Fsp3) is 0.529. The average molecular weight is 399 g/mol. The molecule has 4 N–H and O–H groups in total. The zero-order chi connectivity index (χ0) is 20.0. The van der Waals surface area contributed by atoms with Crippen LogP contribution in [0.15, 0.2) is 18.2 Å². The van der Waals surface area contributed by atoms with Gasteiger partial charge in [0, 0.05) is 17.8 Å². The molecule has 0 unspecified atom stereocenters. The largest absolute Gasteiger partial charge is 0.494 e. The lowest BCUT2D eigenvalue weighted by Crippen LogP contribution is -2.40. The number of methoxy groups -OCH3 is 1. The van der Waals surface area contributed by atoms with Crippen molar-refractivity contribution < 1.29 is 27.9 Å². The van der Waals surface area contributed by atoms with Crippen molar-refractivity contribution in [1.29, 1.82) is 0 Å². The Morgan fingerprint density at radius 3 is 2.44 bits per heavy atom. The Kier molecular flexibility index (Phi) is 6.89. The maximum absolute atomic E-state index is 12.2. The van der Waals surface area contributed by atoms with Gasteiger partial charge in [0.05, 0.1) is 24.5 Å². The zero-order valence-electron chi connectivity index (χ0n) is 15.3. The van der Waals surface area contributed by atoms with Crippen LogP contribution in [0.3, 0.4) is 0 Å². The lowest BCUT2D eigenvalue weighted by molar-refractivity contribution is -0.142. The highest BCUT2D eigenvalue weighted by atomic mass is 32.2. The first kappa shape index (κ1) is 20.8. The second-order valence-electron chi connectivity index (χ2n) is 6.41. The van der Waals surface area contributed by atoms with Crippen LogP contribution in [0.1, 0.15) is 32.6 Å². The van der Waals surface area contributed by atoms with E-state index in [1.54, 1.807) is 6.07 Å². The number of nitrogens with one attached hydrogen (secondary N) is 3. The number of carbonyl (C=O) groups is 2. The maximum atomic E-state index is 12.2. The first-order valence-electron chi connectivity index (χ1n) is 8.73. The molecule has 1 saturated carbocycles. The second-order valence-corrected chi connectivity index (χ2v) is 8.42. The van der Waals surface area contributed by atoms with E-state index in [-0.39, 0.29) is 29.1 Å². The number of hydrogen-bond acceptors (Lipinski definition) is 5. The molecule has 1 aliphatic carbocycles. The molecule has 0 spiro atoms. The summed E-state index contributed by atoms with van der Waals surface area (Å²) in [4.78, 5) is 23.1. The van der Waals surface area contributed by atoms with E-state index in [1.807, 2.05) is 0 Å². The minimum atomic E-state index is -3.44. The van der Waals surface area contributed by atoms with Crippen molar-refractivity contribution in [2.75, 3.05) is 22.9 Å². The van der Waals surface area contributed by atoms with Crippen molar-refractivity contribution in [2.45, 2.75) is 38.6 Å². The van der Waals surface area contributed by atoms with Crippen molar-refractivity contribution >= 4 is 33.4 Å².